The van der Waals surface area contributed by atoms with Crippen LogP contribution < -0.4 is 0 Å². The second-order valence-electron chi connectivity index (χ2n) is 5.62. The highest BCUT2D eigenvalue weighted by Gasteiger charge is 2.52. The summed E-state index contributed by atoms with van der Waals surface area (Å²) in [5, 5.41) is 4.02. The third-order valence-corrected chi connectivity index (χ3v) is 4.88. The first kappa shape index (κ1) is 12.9. The Morgan fingerprint density at radius 3 is 3.14 bits per heavy atom. The lowest BCUT2D eigenvalue weighted by Gasteiger charge is -2.47. The van der Waals surface area contributed by atoms with Crippen LogP contribution in [0, 0.1) is 6.92 Å². The molecule has 0 radical (unpaired) electrons. The van der Waals surface area contributed by atoms with Crippen molar-refractivity contribution in [2.24, 2.45) is 0 Å². The van der Waals surface area contributed by atoms with E-state index in [9.17, 15) is 4.79 Å². The molecule has 0 atom stereocenters. The maximum Gasteiger partial charge on any atom is 0.227 e. The number of rotatable bonds is 2. The predicted octanol–water partition coefficient (Wildman–Crippen LogP) is 1.66. The van der Waals surface area contributed by atoms with Crippen molar-refractivity contribution in [2.45, 2.75) is 25.6 Å². The molecular formula is C15H15N3O2S. The number of ether oxygens (including phenoxy) is 1. The molecule has 1 amide bonds. The number of thiophene rings is 1. The van der Waals surface area contributed by atoms with Crippen LogP contribution in [0.1, 0.15) is 22.6 Å². The number of hydrogen-bond acceptors (Lipinski definition) is 5. The number of carbonyl (C=O) groups is 1. The molecule has 0 N–H and O–H groups in total. The fourth-order valence-electron chi connectivity index (χ4n) is 2.98. The second-order valence-corrected chi connectivity index (χ2v) is 6.40. The molecule has 0 saturated carbocycles. The number of fused-ring (bicyclic) bond motifs is 2. The van der Waals surface area contributed by atoms with E-state index in [1.54, 1.807) is 11.3 Å². The molecule has 2 aliphatic heterocycles. The molecule has 4 rings (SSSR count). The van der Waals surface area contributed by atoms with E-state index in [0.29, 0.717) is 26.1 Å². The first-order valence-corrected chi connectivity index (χ1v) is 7.86. The standard InChI is InChI=1S/C15H15N3O2S/c1-10-16-5-12-13(17-10)6-20-15(12)8-18(9-15)14(19)4-11-2-3-21-7-11/h2-3,5,7H,4,6,8-9H2,1H3. The molecule has 4 heterocycles. The fraction of sp³-hybridized carbons (Fsp3) is 0.400. The van der Waals surface area contributed by atoms with Gasteiger partial charge in [0, 0.05) is 11.8 Å². The van der Waals surface area contributed by atoms with Crippen LogP contribution in [0.15, 0.2) is 23.0 Å². The van der Waals surface area contributed by atoms with Crippen molar-refractivity contribution < 1.29 is 9.53 Å². The molecule has 2 aliphatic rings. The van der Waals surface area contributed by atoms with Gasteiger partial charge < -0.3 is 9.64 Å². The van der Waals surface area contributed by atoms with Gasteiger partial charge in [0.2, 0.25) is 5.91 Å². The van der Waals surface area contributed by atoms with Crippen molar-refractivity contribution >= 4 is 17.2 Å². The van der Waals surface area contributed by atoms with E-state index < -0.39 is 0 Å². The van der Waals surface area contributed by atoms with Crippen molar-refractivity contribution in [3.8, 4) is 0 Å². The molecule has 1 fully saturated rings. The van der Waals surface area contributed by atoms with Crippen molar-refractivity contribution in [3.05, 3.63) is 45.7 Å². The third kappa shape index (κ3) is 2.06. The summed E-state index contributed by atoms with van der Waals surface area (Å²) in [6.07, 6.45) is 2.32. The molecule has 5 nitrogen and oxygen atoms in total. The van der Waals surface area contributed by atoms with Crippen molar-refractivity contribution in [2.75, 3.05) is 13.1 Å². The van der Waals surface area contributed by atoms with Crippen LogP contribution in [0.4, 0.5) is 0 Å². The van der Waals surface area contributed by atoms with Crippen molar-refractivity contribution in [1.29, 1.82) is 0 Å². The number of carbonyl (C=O) groups excluding carboxylic acids is 1. The highest BCUT2D eigenvalue weighted by atomic mass is 32.1. The Hall–Kier alpha value is -1.79. The van der Waals surface area contributed by atoms with Gasteiger partial charge in [0.05, 0.1) is 31.8 Å². The molecule has 1 saturated heterocycles. The minimum Gasteiger partial charge on any atom is -0.360 e. The maximum absolute atomic E-state index is 12.2. The quantitative estimate of drug-likeness (QED) is 0.846. The van der Waals surface area contributed by atoms with Gasteiger partial charge in [-0.15, -0.1) is 0 Å². The van der Waals surface area contributed by atoms with Gasteiger partial charge in [-0.2, -0.15) is 11.3 Å². The average Bonchev–Trinajstić information content (AvgIpc) is 3.03. The lowest BCUT2D eigenvalue weighted by Crippen LogP contribution is -2.61. The summed E-state index contributed by atoms with van der Waals surface area (Å²) in [5.74, 6) is 0.920. The van der Waals surface area contributed by atoms with E-state index in [4.69, 9.17) is 4.74 Å². The molecule has 0 bridgehead atoms. The van der Waals surface area contributed by atoms with Gasteiger partial charge in [0.25, 0.3) is 0 Å². The van der Waals surface area contributed by atoms with Crippen LogP contribution in [0.2, 0.25) is 0 Å². The van der Waals surface area contributed by atoms with E-state index in [1.807, 2.05) is 34.8 Å². The van der Waals surface area contributed by atoms with E-state index in [-0.39, 0.29) is 11.5 Å². The molecule has 6 heteroatoms. The Morgan fingerprint density at radius 1 is 1.52 bits per heavy atom. The van der Waals surface area contributed by atoms with Crippen LogP contribution >= 0.6 is 11.3 Å². The molecule has 0 unspecified atom stereocenters. The molecule has 108 valence electrons. The van der Waals surface area contributed by atoms with Crippen LogP contribution in [0.5, 0.6) is 0 Å². The first-order chi connectivity index (χ1) is 10.2. The Morgan fingerprint density at radius 2 is 2.38 bits per heavy atom. The fourth-order valence-corrected chi connectivity index (χ4v) is 3.65. The maximum atomic E-state index is 12.2. The number of nitrogens with zero attached hydrogens (tertiary/aromatic N) is 3. The number of aromatic nitrogens is 2. The number of likely N-dealkylation sites (tertiary alicyclic amines) is 1. The highest BCUT2D eigenvalue weighted by Crippen LogP contribution is 2.42. The molecule has 0 aromatic carbocycles. The molecule has 21 heavy (non-hydrogen) atoms. The Balaban J connectivity index is 1.47. The topological polar surface area (TPSA) is 55.3 Å². The normalized spacial score (nSPS) is 18.6. The number of aryl methyl sites for hydroxylation is 1. The second kappa shape index (κ2) is 4.61. The SMILES string of the molecule is Cc1ncc2c(n1)COC21CN(C(=O)Cc2ccsc2)C1. The highest BCUT2D eigenvalue weighted by molar-refractivity contribution is 7.07. The lowest BCUT2D eigenvalue weighted by molar-refractivity contribution is -0.168. The van der Waals surface area contributed by atoms with E-state index >= 15 is 0 Å². The van der Waals surface area contributed by atoms with Gasteiger partial charge in [-0.3, -0.25) is 4.79 Å². The monoisotopic (exact) mass is 301 g/mol. The summed E-state index contributed by atoms with van der Waals surface area (Å²) in [5.41, 5.74) is 2.73. The van der Waals surface area contributed by atoms with E-state index in [0.717, 1.165) is 22.6 Å². The van der Waals surface area contributed by atoms with Crippen LogP contribution in [0.25, 0.3) is 0 Å². The van der Waals surface area contributed by atoms with Gasteiger partial charge in [0.1, 0.15) is 11.4 Å². The van der Waals surface area contributed by atoms with Gasteiger partial charge in [-0.25, -0.2) is 9.97 Å². The third-order valence-electron chi connectivity index (χ3n) is 4.14. The first-order valence-electron chi connectivity index (χ1n) is 6.92. The summed E-state index contributed by atoms with van der Waals surface area (Å²) in [6, 6.07) is 2.00. The summed E-state index contributed by atoms with van der Waals surface area (Å²) < 4.78 is 5.92. The zero-order valence-corrected chi connectivity index (χ0v) is 12.5. The Labute approximate surface area is 126 Å². The minimum absolute atomic E-state index is 0.157. The summed E-state index contributed by atoms with van der Waals surface area (Å²) in [4.78, 5) is 22.8. The minimum atomic E-state index is -0.368. The van der Waals surface area contributed by atoms with E-state index in [2.05, 4.69) is 9.97 Å². The summed E-state index contributed by atoms with van der Waals surface area (Å²) in [6.45, 7) is 3.61. The van der Waals surface area contributed by atoms with Crippen LogP contribution in [0.3, 0.4) is 0 Å². The van der Waals surface area contributed by atoms with Gasteiger partial charge in [-0.05, 0) is 29.3 Å². The molecule has 2 aromatic heterocycles. The Kier molecular flexibility index (Phi) is 2.83. The predicted molar refractivity (Wildman–Crippen MR) is 77.8 cm³/mol. The summed E-state index contributed by atoms with van der Waals surface area (Å²) in [7, 11) is 0. The van der Waals surface area contributed by atoms with Gasteiger partial charge in [0.15, 0.2) is 0 Å². The molecule has 2 aromatic rings. The zero-order chi connectivity index (χ0) is 14.4. The number of amides is 1. The lowest BCUT2D eigenvalue weighted by atomic mass is 9.87. The zero-order valence-electron chi connectivity index (χ0n) is 11.7. The molecule has 0 aliphatic carbocycles. The van der Waals surface area contributed by atoms with Crippen molar-refractivity contribution in [3.63, 3.8) is 0 Å². The molecule has 1 spiro atoms. The van der Waals surface area contributed by atoms with Crippen LogP contribution in [-0.2, 0) is 28.2 Å². The average molecular weight is 301 g/mol. The Bertz CT molecular complexity index is 693. The van der Waals surface area contributed by atoms with Gasteiger partial charge in [-0.1, -0.05) is 0 Å². The smallest absolute Gasteiger partial charge is 0.227 e. The van der Waals surface area contributed by atoms with Gasteiger partial charge >= 0.3 is 0 Å². The van der Waals surface area contributed by atoms with Crippen molar-refractivity contribution in [1.82, 2.24) is 14.9 Å². The molecular weight excluding hydrogens is 286 g/mol. The summed E-state index contributed by atoms with van der Waals surface area (Å²) >= 11 is 1.62. The number of hydrogen-bond donors (Lipinski definition) is 0. The largest absolute Gasteiger partial charge is 0.360 e. The van der Waals surface area contributed by atoms with E-state index in [1.165, 1.54) is 0 Å². The van der Waals surface area contributed by atoms with Crippen LogP contribution in [-0.4, -0.2) is 33.9 Å².